The highest BCUT2D eigenvalue weighted by Crippen LogP contribution is 2.15. The van der Waals surface area contributed by atoms with Gasteiger partial charge in [0.2, 0.25) is 0 Å². The van der Waals surface area contributed by atoms with Crippen molar-refractivity contribution in [2.45, 2.75) is 0 Å². The van der Waals surface area contributed by atoms with Gasteiger partial charge in [0, 0.05) is 0 Å². The molecule has 16 heavy (non-hydrogen) atoms. The van der Waals surface area contributed by atoms with Gasteiger partial charge in [-0.15, -0.1) is 0 Å². The van der Waals surface area contributed by atoms with Gasteiger partial charge in [0.15, 0.2) is 6.61 Å². The maximum absolute atomic E-state index is 10.6. The smallest absolute Gasteiger partial charge is 0.495 e. The monoisotopic (exact) mass is 220 g/mol. The van der Waals surface area contributed by atoms with Crippen molar-refractivity contribution in [3.8, 4) is 17.6 Å². The Balaban J connectivity index is 2.59. The fourth-order valence-electron chi connectivity index (χ4n) is 1.03. The number of benzene rings is 1. The van der Waals surface area contributed by atoms with E-state index in [2.05, 4.69) is 21.3 Å². The minimum absolute atomic E-state index is 0.00920. The van der Waals surface area contributed by atoms with Gasteiger partial charge in [-0.3, -0.25) is 0 Å². The number of rotatable bonds is 2. The Morgan fingerprint density at radius 2 is 2.06 bits per heavy atom. The van der Waals surface area contributed by atoms with Gasteiger partial charge in [-0.25, -0.2) is 4.79 Å². The van der Waals surface area contributed by atoms with Crippen LogP contribution in [0.15, 0.2) is 24.3 Å². The van der Waals surface area contributed by atoms with Crippen LogP contribution in [-0.2, 0) is 9.47 Å². The van der Waals surface area contributed by atoms with Crippen LogP contribution < -0.4 is 4.74 Å². The Hall–Kier alpha value is -2.15. The lowest BCUT2D eigenvalue weighted by Crippen LogP contribution is -2.03. The summed E-state index contributed by atoms with van der Waals surface area (Å²) in [5.41, 5.74) is 0.749. The first-order chi connectivity index (χ1) is 7.77. The van der Waals surface area contributed by atoms with E-state index >= 15 is 0 Å². The van der Waals surface area contributed by atoms with Crippen molar-refractivity contribution < 1.29 is 19.0 Å². The van der Waals surface area contributed by atoms with Crippen molar-refractivity contribution in [1.29, 1.82) is 0 Å². The third-order valence-corrected chi connectivity index (χ3v) is 1.76. The molecule has 0 unspecified atom stereocenters. The summed E-state index contributed by atoms with van der Waals surface area (Å²) >= 11 is 0. The molecule has 0 N–H and O–H groups in total. The Labute approximate surface area is 94.1 Å². The summed E-state index contributed by atoms with van der Waals surface area (Å²) in [7, 11) is 2.82. The van der Waals surface area contributed by atoms with Crippen LogP contribution in [-0.4, -0.2) is 27.0 Å². The summed E-state index contributed by atoms with van der Waals surface area (Å²) < 4.78 is 14.0. The highest BCUT2D eigenvalue weighted by Gasteiger charge is 1.98. The molecule has 1 rings (SSSR count). The average Bonchev–Trinajstić information content (AvgIpc) is 2.34. The van der Waals surface area contributed by atoms with Crippen molar-refractivity contribution in [1.82, 2.24) is 0 Å². The molecule has 0 aromatic heterocycles. The first kappa shape index (κ1) is 11.9. The third kappa shape index (κ3) is 3.54. The molecule has 0 spiro atoms. The molecule has 1 aromatic carbocycles. The first-order valence-corrected chi connectivity index (χ1v) is 4.60. The molecule has 84 valence electrons. The number of hydrogen-bond acceptors (Lipinski definition) is 4. The summed E-state index contributed by atoms with van der Waals surface area (Å²) in [6, 6.07) is 7.35. The maximum atomic E-state index is 10.6. The zero-order chi connectivity index (χ0) is 11.8. The van der Waals surface area contributed by atoms with Gasteiger partial charge in [-0.2, -0.15) is 0 Å². The lowest BCUT2D eigenvalue weighted by Gasteiger charge is -2.01. The molecule has 0 fully saturated rings. The molecule has 4 nitrogen and oxygen atoms in total. The molecule has 0 radical (unpaired) electrons. The molecule has 0 saturated carbocycles. The highest BCUT2D eigenvalue weighted by molar-refractivity contribution is 5.59. The van der Waals surface area contributed by atoms with E-state index in [-0.39, 0.29) is 6.61 Å². The highest BCUT2D eigenvalue weighted by atomic mass is 16.7. The summed E-state index contributed by atoms with van der Waals surface area (Å²) in [4.78, 5) is 10.6. The van der Waals surface area contributed by atoms with Gasteiger partial charge < -0.3 is 14.2 Å². The summed E-state index contributed by atoms with van der Waals surface area (Å²) in [5, 5.41) is 0. The number of hydrogen-bond donors (Lipinski definition) is 0. The average molecular weight is 220 g/mol. The second-order valence-electron chi connectivity index (χ2n) is 2.74. The molecule has 0 amide bonds. The fraction of sp³-hybridized carbons (Fsp3) is 0.250. The van der Waals surface area contributed by atoms with Gasteiger partial charge in [-0.1, -0.05) is 24.0 Å². The van der Waals surface area contributed by atoms with Crippen LogP contribution in [0.3, 0.4) is 0 Å². The van der Waals surface area contributed by atoms with E-state index < -0.39 is 6.16 Å². The zero-order valence-corrected chi connectivity index (χ0v) is 9.15. The molecule has 4 heteroatoms. The summed E-state index contributed by atoms with van der Waals surface area (Å²) in [6.07, 6.45) is -0.741. The van der Waals surface area contributed by atoms with Crippen molar-refractivity contribution in [2.75, 3.05) is 20.8 Å². The SMILES string of the molecule is COC(=O)OCC#Cc1ccccc1OC. The predicted octanol–water partition coefficient (Wildman–Crippen LogP) is 1.83. The van der Waals surface area contributed by atoms with Gasteiger partial charge in [0.1, 0.15) is 5.75 Å². The van der Waals surface area contributed by atoms with Crippen molar-refractivity contribution >= 4 is 6.16 Å². The van der Waals surface area contributed by atoms with Crippen molar-refractivity contribution in [2.24, 2.45) is 0 Å². The van der Waals surface area contributed by atoms with E-state index in [9.17, 15) is 4.79 Å². The molecule has 1 aromatic rings. The van der Waals surface area contributed by atoms with Crippen molar-refractivity contribution in [3.63, 3.8) is 0 Å². The van der Waals surface area contributed by atoms with Gasteiger partial charge in [-0.05, 0) is 12.1 Å². The Bertz CT molecular complexity index is 415. The largest absolute Gasteiger partial charge is 0.508 e. The summed E-state index contributed by atoms with van der Waals surface area (Å²) in [6.45, 7) is -0.00920. The maximum Gasteiger partial charge on any atom is 0.508 e. The van der Waals surface area contributed by atoms with Gasteiger partial charge >= 0.3 is 6.16 Å². The third-order valence-electron chi connectivity index (χ3n) is 1.76. The summed E-state index contributed by atoms with van der Waals surface area (Å²) in [5.74, 6) is 6.21. The number of carbonyl (C=O) groups is 1. The minimum atomic E-state index is -0.741. The minimum Gasteiger partial charge on any atom is -0.495 e. The zero-order valence-electron chi connectivity index (χ0n) is 9.15. The molecule has 0 aliphatic rings. The molecule has 0 bridgehead atoms. The van der Waals surface area contributed by atoms with Crippen LogP contribution >= 0.6 is 0 Å². The lowest BCUT2D eigenvalue weighted by molar-refractivity contribution is 0.0833. The molecular weight excluding hydrogens is 208 g/mol. The van der Waals surface area contributed by atoms with E-state index in [0.29, 0.717) is 5.75 Å². The van der Waals surface area contributed by atoms with E-state index in [1.807, 2.05) is 24.3 Å². The molecule has 0 aliphatic carbocycles. The lowest BCUT2D eigenvalue weighted by atomic mass is 10.2. The van der Waals surface area contributed by atoms with Crippen LogP contribution in [0.2, 0.25) is 0 Å². The van der Waals surface area contributed by atoms with E-state index in [0.717, 1.165) is 5.56 Å². The predicted molar refractivity (Wildman–Crippen MR) is 58.2 cm³/mol. The van der Waals surface area contributed by atoms with E-state index in [4.69, 9.17) is 4.74 Å². The number of para-hydroxylation sites is 1. The van der Waals surface area contributed by atoms with Crippen LogP contribution in [0.25, 0.3) is 0 Å². The standard InChI is InChI=1S/C12H12O4/c1-14-11-8-4-3-6-10(11)7-5-9-16-12(13)15-2/h3-4,6,8H,9H2,1-2H3. The van der Waals surface area contributed by atoms with Gasteiger partial charge in [0.25, 0.3) is 0 Å². The number of carbonyl (C=O) groups excluding carboxylic acids is 1. The second-order valence-corrected chi connectivity index (χ2v) is 2.74. The molecule has 0 aliphatic heterocycles. The van der Waals surface area contributed by atoms with Crippen LogP contribution in [0.1, 0.15) is 5.56 Å². The van der Waals surface area contributed by atoms with Crippen LogP contribution in [0.5, 0.6) is 5.75 Å². The van der Waals surface area contributed by atoms with Crippen molar-refractivity contribution in [3.05, 3.63) is 29.8 Å². The molecule has 0 heterocycles. The van der Waals surface area contributed by atoms with E-state index in [1.165, 1.54) is 7.11 Å². The van der Waals surface area contributed by atoms with Crippen LogP contribution in [0, 0.1) is 11.8 Å². The molecular formula is C12H12O4. The van der Waals surface area contributed by atoms with Crippen LogP contribution in [0.4, 0.5) is 4.79 Å². The second kappa shape index (κ2) is 6.36. The number of methoxy groups -OCH3 is 2. The molecule has 0 saturated heterocycles. The van der Waals surface area contributed by atoms with E-state index in [1.54, 1.807) is 7.11 Å². The Morgan fingerprint density at radius 3 is 2.75 bits per heavy atom. The Morgan fingerprint density at radius 1 is 1.31 bits per heavy atom. The topological polar surface area (TPSA) is 44.8 Å². The molecule has 0 atom stereocenters. The van der Waals surface area contributed by atoms with Gasteiger partial charge in [0.05, 0.1) is 19.8 Å². The number of ether oxygens (including phenoxy) is 3. The first-order valence-electron chi connectivity index (χ1n) is 4.60. The fourth-order valence-corrected chi connectivity index (χ4v) is 1.03. The normalized spacial score (nSPS) is 8.62. The quantitative estimate of drug-likeness (QED) is 0.563. The Kier molecular flexibility index (Phi) is 4.74.